The average molecular weight is 294 g/mol. The highest BCUT2D eigenvalue weighted by molar-refractivity contribution is 5.95. The largest absolute Gasteiger partial charge is 0.465 e. The lowest BCUT2D eigenvalue weighted by atomic mass is 10.1. The minimum Gasteiger partial charge on any atom is -0.465 e. The molecular formula is C13H11FN2O5. The molecule has 2 aromatic rings. The van der Waals surface area contributed by atoms with Crippen LogP contribution in [0.5, 0.6) is 0 Å². The summed E-state index contributed by atoms with van der Waals surface area (Å²) in [7, 11) is 1.21. The Balaban J connectivity index is 2.16. The van der Waals surface area contributed by atoms with Gasteiger partial charge < -0.3 is 14.5 Å². The highest BCUT2D eigenvalue weighted by atomic mass is 19.1. The number of nitro groups is 1. The Kier molecular flexibility index (Phi) is 4.17. The van der Waals surface area contributed by atoms with Gasteiger partial charge in [0.1, 0.15) is 16.5 Å². The molecule has 0 spiro atoms. The van der Waals surface area contributed by atoms with E-state index in [1.807, 2.05) is 0 Å². The van der Waals surface area contributed by atoms with E-state index in [4.69, 9.17) is 4.42 Å². The van der Waals surface area contributed by atoms with Gasteiger partial charge in [0.05, 0.1) is 31.0 Å². The van der Waals surface area contributed by atoms with Crippen molar-refractivity contribution < 1.29 is 23.3 Å². The minimum absolute atomic E-state index is 0.0568. The Morgan fingerprint density at radius 3 is 2.81 bits per heavy atom. The number of hydrogen-bond donors (Lipinski definition) is 1. The number of hydrogen-bond acceptors (Lipinski definition) is 6. The molecule has 0 aliphatic carbocycles. The summed E-state index contributed by atoms with van der Waals surface area (Å²) in [5, 5.41) is 13.3. The second-order valence-electron chi connectivity index (χ2n) is 4.03. The number of anilines is 1. The average Bonchev–Trinajstić information content (AvgIpc) is 2.93. The van der Waals surface area contributed by atoms with E-state index >= 15 is 0 Å². The number of nitrogens with one attached hydrogen (secondary N) is 1. The molecule has 0 aliphatic heterocycles. The number of carbonyl (C=O) groups is 1. The van der Waals surface area contributed by atoms with Crippen molar-refractivity contribution in [2.75, 3.05) is 12.4 Å². The fourth-order valence-electron chi connectivity index (χ4n) is 1.69. The fraction of sp³-hybridized carbons (Fsp3) is 0.154. The van der Waals surface area contributed by atoms with E-state index in [2.05, 4.69) is 10.1 Å². The maximum atomic E-state index is 13.2. The number of carbonyl (C=O) groups excluding carboxylic acids is 1. The Bertz CT molecular complexity index is 683. The van der Waals surface area contributed by atoms with E-state index in [0.717, 1.165) is 12.1 Å². The van der Waals surface area contributed by atoms with Crippen LogP contribution < -0.4 is 5.32 Å². The molecule has 110 valence electrons. The number of ether oxygens (including phenoxy) is 1. The third-order valence-corrected chi connectivity index (χ3v) is 2.67. The van der Waals surface area contributed by atoms with Crippen molar-refractivity contribution in [2.45, 2.75) is 6.54 Å². The first-order valence-electron chi connectivity index (χ1n) is 5.86. The molecule has 1 aromatic heterocycles. The Hall–Kier alpha value is -2.90. The van der Waals surface area contributed by atoms with Crippen LogP contribution in [0.25, 0.3) is 0 Å². The number of nitrogens with zero attached hydrogens (tertiary/aromatic N) is 1. The van der Waals surface area contributed by atoms with Crippen molar-refractivity contribution in [3.05, 3.63) is 57.6 Å². The lowest BCUT2D eigenvalue weighted by molar-refractivity contribution is -0.402. The van der Waals surface area contributed by atoms with E-state index in [1.54, 1.807) is 0 Å². The summed E-state index contributed by atoms with van der Waals surface area (Å²) < 4.78 is 22.8. The van der Waals surface area contributed by atoms with Gasteiger partial charge in [-0.3, -0.25) is 10.1 Å². The van der Waals surface area contributed by atoms with Gasteiger partial charge in [-0.25, -0.2) is 9.18 Å². The summed E-state index contributed by atoms with van der Waals surface area (Å²) in [5.41, 5.74) is 0.362. The Labute approximate surface area is 118 Å². The molecule has 0 aliphatic rings. The molecule has 1 N–H and O–H groups in total. The van der Waals surface area contributed by atoms with Crippen LogP contribution in [0.1, 0.15) is 16.1 Å². The molecule has 2 rings (SSSR count). The summed E-state index contributed by atoms with van der Waals surface area (Å²) in [4.78, 5) is 21.4. The fourth-order valence-corrected chi connectivity index (χ4v) is 1.69. The normalized spacial score (nSPS) is 10.2. The van der Waals surface area contributed by atoms with E-state index in [-0.39, 0.29) is 29.4 Å². The van der Waals surface area contributed by atoms with Crippen LogP contribution in [-0.4, -0.2) is 18.0 Å². The molecule has 0 fully saturated rings. The van der Waals surface area contributed by atoms with E-state index in [0.29, 0.717) is 0 Å². The van der Waals surface area contributed by atoms with E-state index in [1.165, 1.54) is 25.3 Å². The molecule has 0 atom stereocenters. The number of methoxy groups -OCH3 is 1. The molecule has 1 heterocycles. The standard InChI is InChI=1S/C13H11FN2O5/c1-20-13(17)10-4-2-8(14)6-11(10)15-7-9-3-5-12(21-9)16(18)19/h2-6,15H,7H2,1H3. The zero-order valence-corrected chi connectivity index (χ0v) is 11.0. The first-order chi connectivity index (χ1) is 10.0. The van der Waals surface area contributed by atoms with Crippen LogP contribution in [0.3, 0.4) is 0 Å². The third kappa shape index (κ3) is 3.35. The van der Waals surface area contributed by atoms with Gasteiger partial charge in [-0.05, 0) is 24.3 Å². The summed E-state index contributed by atoms with van der Waals surface area (Å²) in [6.07, 6.45) is 0. The van der Waals surface area contributed by atoms with Crippen LogP contribution in [0, 0.1) is 15.9 Å². The monoisotopic (exact) mass is 294 g/mol. The van der Waals surface area contributed by atoms with Gasteiger partial charge in [0, 0.05) is 0 Å². The van der Waals surface area contributed by atoms with Gasteiger partial charge in [0.25, 0.3) is 0 Å². The molecule has 21 heavy (non-hydrogen) atoms. The molecule has 1 aromatic carbocycles. The van der Waals surface area contributed by atoms with Gasteiger partial charge in [0.15, 0.2) is 0 Å². The van der Waals surface area contributed by atoms with Crippen LogP contribution in [-0.2, 0) is 11.3 Å². The van der Waals surface area contributed by atoms with Gasteiger partial charge >= 0.3 is 11.9 Å². The summed E-state index contributed by atoms with van der Waals surface area (Å²) in [6.45, 7) is 0.0568. The smallest absolute Gasteiger partial charge is 0.433 e. The molecule has 0 bridgehead atoms. The SMILES string of the molecule is COC(=O)c1ccc(F)cc1NCc1ccc([N+](=O)[O-])o1. The Morgan fingerprint density at radius 2 is 2.19 bits per heavy atom. The molecule has 8 heteroatoms. The van der Waals surface area contributed by atoms with Gasteiger partial charge in [-0.15, -0.1) is 0 Å². The predicted molar refractivity (Wildman–Crippen MR) is 70.4 cm³/mol. The lowest BCUT2D eigenvalue weighted by Crippen LogP contribution is -2.08. The summed E-state index contributed by atoms with van der Waals surface area (Å²) >= 11 is 0. The van der Waals surface area contributed by atoms with Crippen LogP contribution in [0.2, 0.25) is 0 Å². The molecule has 0 amide bonds. The van der Waals surface area contributed by atoms with Gasteiger partial charge in [-0.2, -0.15) is 0 Å². The summed E-state index contributed by atoms with van der Waals surface area (Å²) in [6, 6.07) is 6.18. The van der Waals surface area contributed by atoms with Crippen molar-refractivity contribution in [1.29, 1.82) is 0 Å². The number of benzene rings is 1. The van der Waals surface area contributed by atoms with E-state index < -0.39 is 16.7 Å². The second kappa shape index (κ2) is 6.04. The van der Waals surface area contributed by atoms with Gasteiger partial charge in [-0.1, -0.05) is 0 Å². The maximum absolute atomic E-state index is 13.2. The topological polar surface area (TPSA) is 94.6 Å². The van der Waals surface area contributed by atoms with Gasteiger partial charge in [0.2, 0.25) is 0 Å². The van der Waals surface area contributed by atoms with Crippen molar-refractivity contribution >= 4 is 17.5 Å². The zero-order chi connectivity index (χ0) is 15.4. The first-order valence-corrected chi connectivity index (χ1v) is 5.86. The first kappa shape index (κ1) is 14.5. The van der Waals surface area contributed by atoms with Crippen molar-refractivity contribution in [3.63, 3.8) is 0 Å². The summed E-state index contributed by atoms with van der Waals surface area (Å²) in [5.74, 6) is -1.26. The molecule has 0 saturated heterocycles. The predicted octanol–water partition coefficient (Wildman–Crippen LogP) is 2.73. The minimum atomic E-state index is -0.661. The molecule has 0 saturated carbocycles. The van der Waals surface area contributed by atoms with E-state index in [9.17, 15) is 19.3 Å². The zero-order valence-electron chi connectivity index (χ0n) is 11.0. The van der Waals surface area contributed by atoms with Crippen molar-refractivity contribution in [2.24, 2.45) is 0 Å². The van der Waals surface area contributed by atoms with Crippen molar-refractivity contribution in [1.82, 2.24) is 0 Å². The molecule has 0 unspecified atom stereocenters. The molecule has 0 radical (unpaired) electrons. The molecule has 7 nitrogen and oxygen atoms in total. The maximum Gasteiger partial charge on any atom is 0.433 e. The van der Waals surface area contributed by atoms with Crippen LogP contribution in [0.15, 0.2) is 34.7 Å². The highest BCUT2D eigenvalue weighted by Crippen LogP contribution is 2.21. The number of esters is 1. The van der Waals surface area contributed by atoms with Crippen LogP contribution >= 0.6 is 0 Å². The third-order valence-electron chi connectivity index (χ3n) is 2.67. The quantitative estimate of drug-likeness (QED) is 0.517. The molecular weight excluding hydrogens is 283 g/mol. The lowest BCUT2D eigenvalue weighted by Gasteiger charge is -2.09. The van der Waals surface area contributed by atoms with Crippen molar-refractivity contribution in [3.8, 4) is 0 Å². The highest BCUT2D eigenvalue weighted by Gasteiger charge is 2.15. The van der Waals surface area contributed by atoms with Crippen LogP contribution in [0.4, 0.5) is 16.0 Å². The Morgan fingerprint density at radius 1 is 1.43 bits per heavy atom. The number of halogens is 1. The second-order valence-corrected chi connectivity index (χ2v) is 4.03. The number of rotatable bonds is 5. The number of furan rings is 1.